The molecule has 8 aromatic rings. The first-order valence-electron chi connectivity index (χ1n) is 18.9. The number of nitriles is 1. The van der Waals surface area contributed by atoms with Crippen LogP contribution in [0.3, 0.4) is 0 Å². The third-order valence-corrected chi connectivity index (χ3v) is 11.6. The van der Waals surface area contributed by atoms with Gasteiger partial charge in [0, 0.05) is 22.1 Å². The van der Waals surface area contributed by atoms with Crippen LogP contribution in [0, 0.1) is 11.3 Å². The molecule has 0 N–H and O–H groups in total. The molecule has 0 saturated heterocycles. The number of fused-ring (bicyclic) bond motifs is 6. The summed E-state index contributed by atoms with van der Waals surface area (Å²) in [5.74, 6) is 1.96. The SMILES string of the molecule is N#Cc1ccc2c(c1)C1(CCCCC1)c1cc(-c3ccc(-c4ccc(-c5nc(-c6ccccc6)nc(-c6ccccc6)n5)cc4)c4ccccc34)ccc1-2. The van der Waals surface area contributed by atoms with Crippen molar-refractivity contribution >= 4 is 10.8 Å². The highest BCUT2D eigenvalue weighted by atomic mass is 15.0. The number of benzene rings is 7. The predicted molar refractivity (Wildman–Crippen MR) is 219 cm³/mol. The molecule has 1 heterocycles. The van der Waals surface area contributed by atoms with E-state index in [1.807, 2.05) is 66.7 Å². The van der Waals surface area contributed by atoms with Crippen LogP contribution in [0.1, 0.15) is 48.8 Å². The minimum atomic E-state index is -0.0223. The minimum Gasteiger partial charge on any atom is -0.208 e. The van der Waals surface area contributed by atoms with E-state index >= 15 is 0 Å². The van der Waals surface area contributed by atoms with E-state index in [-0.39, 0.29) is 5.41 Å². The van der Waals surface area contributed by atoms with Crippen LogP contribution in [-0.2, 0) is 5.41 Å². The van der Waals surface area contributed by atoms with Gasteiger partial charge in [0.05, 0.1) is 11.6 Å². The Balaban J connectivity index is 1.04. The molecule has 1 saturated carbocycles. The number of hydrogen-bond acceptors (Lipinski definition) is 4. The summed E-state index contributed by atoms with van der Waals surface area (Å²) in [6.45, 7) is 0. The molecule has 7 aromatic carbocycles. The van der Waals surface area contributed by atoms with Crippen LogP contribution < -0.4 is 0 Å². The van der Waals surface area contributed by atoms with Gasteiger partial charge in [-0.05, 0) is 86.3 Å². The van der Waals surface area contributed by atoms with Crippen molar-refractivity contribution in [3.8, 4) is 73.6 Å². The van der Waals surface area contributed by atoms with E-state index in [0.29, 0.717) is 17.5 Å². The lowest BCUT2D eigenvalue weighted by Crippen LogP contribution is -2.28. The molecule has 0 atom stereocenters. The number of nitrogens with zero attached hydrogens (tertiary/aromatic N) is 4. The van der Waals surface area contributed by atoms with Crippen molar-refractivity contribution < 1.29 is 0 Å². The smallest absolute Gasteiger partial charge is 0.164 e. The maximum Gasteiger partial charge on any atom is 0.164 e. The molecule has 1 spiro atoms. The summed E-state index contributed by atoms with van der Waals surface area (Å²) >= 11 is 0. The molecule has 0 bridgehead atoms. The fraction of sp³-hybridized carbons (Fsp3) is 0.120. The molecule has 0 amide bonds. The van der Waals surface area contributed by atoms with Gasteiger partial charge in [-0.25, -0.2) is 15.0 Å². The number of aromatic nitrogens is 3. The lowest BCUT2D eigenvalue weighted by Gasteiger charge is -2.36. The summed E-state index contributed by atoms with van der Waals surface area (Å²) in [7, 11) is 0. The topological polar surface area (TPSA) is 62.5 Å². The summed E-state index contributed by atoms with van der Waals surface area (Å²) in [6.07, 6.45) is 5.97. The van der Waals surface area contributed by atoms with E-state index < -0.39 is 0 Å². The normalized spacial score (nSPS) is 14.1. The van der Waals surface area contributed by atoms with Crippen molar-refractivity contribution in [1.82, 2.24) is 15.0 Å². The molecule has 1 fully saturated rings. The average Bonchev–Trinajstić information content (AvgIpc) is 3.51. The highest BCUT2D eigenvalue weighted by molar-refractivity contribution is 6.05. The zero-order valence-corrected chi connectivity index (χ0v) is 29.8. The molecule has 256 valence electrons. The summed E-state index contributed by atoms with van der Waals surface area (Å²) in [6, 6.07) is 57.9. The van der Waals surface area contributed by atoms with Crippen LogP contribution in [0.25, 0.3) is 78.3 Å². The second-order valence-corrected chi connectivity index (χ2v) is 14.6. The van der Waals surface area contributed by atoms with Crippen molar-refractivity contribution in [2.75, 3.05) is 0 Å². The Morgan fingerprint density at radius 1 is 0.407 bits per heavy atom. The first kappa shape index (κ1) is 32.0. The van der Waals surface area contributed by atoms with E-state index in [4.69, 9.17) is 15.0 Å². The molecule has 2 aliphatic rings. The average molecular weight is 693 g/mol. The van der Waals surface area contributed by atoms with E-state index in [0.717, 1.165) is 40.7 Å². The van der Waals surface area contributed by atoms with Crippen LogP contribution in [0.2, 0.25) is 0 Å². The molecule has 2 aliphatic carbocycles. The third-order valence-electron chi connectivity index (χ3n) is 11.6. The molecule has 0 radical (unpaired) electrons. The molecule has 10 rings (SSSR count). The van der Waals surface area contributed by atoms with Gasteiger partial charge in [-0.15, -0.1) is 0 Å². The summed E-state index contributed by atoms with van der Waals surface area (Å²) in [4.78, 5) is 14.7. The monoisotopic (exact) mass is 692 g/mol. The van der Waals surface area contributed by atoms with Crippen LogP contribution in [-0.4, -0.2) is 15.0 Å². The van der Waals surface area contributed by atoms with Crippen molar-refractivity contribution in [3.63, 3.8) is 0 Å². The van der Waals surface area contributed by atoms with E-state index in [2.05, 4.69) is 97.1 Å². The Morgan fingerprint density at radius 2 is 0.852 bits per heavy atom. The maximum atomic E-state index is 9.78. The van der Waals surface area contributed by atoms with Gasteiger partial charge in [-0.2, -0.15) is 5.26 Å². The van der Waals surface area contributed by atoms with Crippen molar-refractivity contribution in [2.24, 2.45) is 0 Å². The van der Waals surface area contributed by atoms with Gasteiger partial charge < -0.3 is 0 Å². The van der Waals surface area contributed by atoms with E-state index in [1.165, 1.54) is 69.0 Å². The molecular weight excluding hydrogens is 657 g/mol. The molecule has 0 unspecified atom stereocenters. The fourth-order valence-electron chi connectivity index (χ4n) is 8.97. The first-order chi connectivity index (χ1) is 26.7. The van der Waals surface area contributed by atoms with Crippen molar-refractivity contribution in [3.05, 3.63) is 174 Å². The Bertz CT molecular complexity index is 2680. The lowest BCUT2D eigenvalue weighted by atomic mass is 9.67. The number of rotatable bonds is 5. The highest BCUT2D eigenvalue weighted by Crippen LogP contribution is 2.56. The Labute approximate surface area is 315 Å². The van der Waals surface area contributed by atoms with Crippen molar-refractivity contribution in [1.29, 1.82) is 5.26 Å². The molecular formula is C50H36N4. The largest absolute Gasteiger partial charge is 0.208 e. The molecule has 1 aromatic heterocycles. The molecule has 4 nitrogen and oxygen atoms in total. The summed E-state index contributed by atoms with van der Waals surface area (Å²) in [5, 5.41) is 12.2. The van der Waals surface area contributed by atoms with E-state index in [1.54, 1.807) is 0 Å². The second-order valence-electron chi connectivity index (χ2n) is 14.6. The van der Waals surface area contributed by atoms with Gasteiger partial charge >= 0.3 is 0 Å². The van der Waals surface area contributed by atoms with E-state index in [9.17, 15) is 5.26 Å². The Morgan fingerprint density at radius 3 is 1.43 bits per heavy atom. The first-order valence-corrected chi connectivity index (χ1v) is 18.9. The van der Waals surface area contributed by atoms with Crippen LogP contribution in [0.15, 0.2) is 158 Å². The fourth-order valence-corrected chi connectivity index (χ4v) is 8.97. The zero-order valence-electron chi connectivity index (χ0n) is 29.8. The Kier molecular flexibility index (Phi) is 7.74. The minimum absolute atomic E-state index is 0.0223. The van der Waals surface area contributed by atoms with Gasteiger partial charge in [0.1, 0.15) is 0 Å². The van der Waals surface area contributed by atoms with Crippen LogP contribution >= 0.6 is 0 Å². The standard InChI is InChI=1S/C50H36N4/c51-32-33-18-24-43-44-25-23-38(31-46(44)50(45(43)30-33)28-10-3-11-29-50)40-27-26-39(41-16-8-9-17-42(40)41)34-19-21-37(22-20-34)49-53-47(35-12-4-1-5-13-35)52-48(54-49)36-14-6-2-7-15-36/h1-2,4-9,12-27,30-31H,3,10-11,28-29H2. The predicted octanol–water partition coefficient (Wildman–Crippen LogP) is 12.5. The quantitative estimate of drug-likeness (QED) is 0.180. The van der Waals surface area contributed by atoms with Gasteiger partial charge in [-0.3, -0.25) is 0 Å². The molecule has 0 aliphatic heterocycles. The van der Waals surface area contributed by atoms with Crippen LogP contribution in [0.4, 0.5) is 0 Å². The van der Waals surface area contributed by atoms with Gasteiger partial charge in [0.15, 0.2) is 17.5 Å². The van der Waals surface area contributed by atoms with Crippen LogP contribution in [0.5, 0.6) is 0 Å². The molecule has 54 heavy (non-hydrogen) atoms. The lowest BCUT2D eigenvalue weighted by molar-refractivity contribution is 0.353. The van der Waals surface area contributed by atoms with Gasteiger partial charge in [0.25, 0.3) is 0 Å². The summed E-state index contributed by atoms with van der Waals surface area (Å²) in [5.41, 5.74) is 13.8. The Hall–Kier alpha value is -6.70. The second kappa shape index (κ2) is 13.1. The maximum absolute atomic E-state index is 9.78. The van der Waals surface area contributed by atoms with Gasteiger partial charge in [0.2, 0.25) is 0 Å². The zero-order chi connectivity index (χ0) is 36.1. The van der Waals surface area contributed by atoms with Gasteiger partial charge in [-0.1, -0.05) is 159 Å². The highest BCUT2D eigenvalue weighted by Gasteiger charge is 2.44. The molecule has 4 heteroatoms. The summed E-state index contributed by atoms with van der Waals surface area (Å²) < 4.78 is 0. The third kappa shape index (κ3) is 5.32. The number of hydrogen-bond donors (Lipinski definition) is 0. The van der Waals surface area contributed by atoms with Crippen molar-refractivity contribution in [2.45, 2.75) is 37.5 Å².